The Hall–Kier alpha value is -3.67. The van der Waals surface area contributed by atoms with E-state index in [2.05, 4.69) is 15.0 Å². The highest BCUT2D eigenvalue weighted by Gasteiger charge is 2.14. The summed E-state index contributed by atoms with van der Waals surface area (Å²) in [7, 11) is 1.31. The lowest BCUT2D eigenvalue weighted by Crippen LogP contribution is -2.13. The third-order valence-corrected chi connectivity index (χ3v) is 4.35. The van der Waals surface area contributed by atoms with Crippen LogP contribution >= 0.6 is 0 Å². The Morgan fingerprint density at radius 3 is 2.36 bits per heavy atom. The number of hydrogen-bond acceptors (Lipinski definition) is 5. The number of anilines is 1. The fourth-order valence-corrected chi connectivity index (χ4v) is 2.58. The lowest BCUT2D eigenvalue weighted by Gasteiger charge is -2.13. The van der Waals surface area contributed by atoms with E-state index in [4.69, 9.17) is 4.74 Å². The van der Waals surface area contributed by atoms with Crippen LogP contribution in [0, 0.1) is 13.8 Å². The smallest absolute Gasteiger partial charge is 0.337 e. The molecule has 1 amide bonds. The van der Waals surface area contributed by atoms with Gasteiger partial charge < -0.3 is 14.8 Å². The molecule has 1 N–H and O–H groups in total. The van der Waals surface area contributed by atoms with E-state index in [-0.39, 0.29) is 5.91 Å². The van der Waals surface area contributed by atoms with Gasteiger partial charge in [-0.25, -0.2) is 9.78 Å². The summed E-state index contributed by atoms with van der Waals surface area (Å²) in [5, 5.41) is 2.80. The molecule has 0 aliphatic heterocycles. The number of esters is 1. The van der Waals surface area contributed by atoms with E-state index in [0.29, 0.717) is 28.4 Å². The van der Waals surface area contributed by atoms with Gasteiger partial charge in [0.2, 0.25) is 5.88 Å². The number of carbonyl (C=O) groups is 2. The maximum Gasteiger partial charge on any atom is 0.337 e. The number of nitrogens with one attached hydrogen (secondary N) is 1. The second-order valence-electron chi connectivity index (χ2n) is 6.18. The summed E-state index contributed by atoms with van der Waals surface area (Å²) in [5.74, 6) is 0.186. The summed E-state index contributed by atoms with van der Waals surface area (Å²) < 4.78 is 10.6. The molecule has 3 aromatic rings. The number of rotatable bonds is 5. The van der Waals surface area contributed by atoms with Crippen LogP contribution in [0.5, 0.6) is 11.6 Å². The number of methoxy groups -OCH3 is 1. The third-order valence-electron chi connectivity index (χ3n) is 4.35. The first-order valence-corrected chi connectivity index (χ1v) is 8.68. The van der Waals surface area contributed by atoms with Crippen molar-refractivity contribution >= 4 is 17.6 Å². The zero-order valence-corrected chi connectivity index (χ0v) is 15.9. The lowest BCUT2D eigenvalue weighted by atomic mass is 10.1. The first kappa shape index (κ1) is 19.1. The summed E-state index contributed by atoms with van der Waals surface area (Å²) in [5.41, 5.74) is 3.33. The molecule has 6 heteroatoms. The molecule has 2 aromatic carbocycles. The van der Waals surface area contributed by atoms with Gasteiger partial charge in [0.25, 0.3) is 5.91 Å². The van der Waals surface area contributed by atoms with Crippen molar-refractivity contribution in [3.05, 3.63) is 83.0 Å². The van der Waals surface area contributed by atoms with Crippen LogP contribution in [0.3, 0.4) is 0 Å². The van der Waals surface area contributed by atoms with Crippen molar-refractivity contribution in [3.63, 3.8) is 0 Å². The molecule has 6 nitrogen and oxygen atoms in total. The van der Waals surface area contributed by atoms with E-state index in [1.54, 1.807) is 30.5 Å². The molecule has 1 heterocycles. The van der Waals surface area contributed by atoms with Crippen molar-refractivity contribution in [3.8, 4) is 11.6 Å². The van der Waals surface area contributed by atoms with Crippen molar-refractivity contribution in [2.45, 2.75) is 13.8 Å². The molecule has 0 spiro atoms. The number of hydrogen-bond donors (Lipinski definition) is 1. The zero-order valence-electron chi connectivity index (χ0n) is 15.9. The van der Waals surface area contributed by atoms with Gasteiger partial charge in [-0.1, -0.05) is 12.1 Å². The molecule has 142 valence electrons. The van der Waals surface area contributed by atoms with E-state index < -0.39 is 5.97 Å². The molecule has 0 aliphatic rings. The highest BCUT2D eigenvalue weighted by Crippen LogP contribution is 2.30. The monoisotopic (exact) mass is 376 g/mol. The zero-order chi connectivity index (χ0) is 20.1. The lowest BCUT2D eigenvalue weighted by molar-refractivity contribution is 0.0600. The van der Waals surface area contributed by atoms with Crippen LogP contribution in [0.1, 0.15) is 31.8 Å². The Labute approximate surface area is 163 Å². The fraction of sp³-hybridized carbons (Fsp3) is 0.136. The van der Waals surface area contributed by atoms with Gasteiger partial charge in [-0.15, -0.1) is 0 Å². The van der Waals surface area contributed by atoms with Gasteiger partial charge in [0.05, 0.1) is 12.7 Å². The second kappa shape index (κ2) is 8.35. The highest BCUT2D eigenvalue weighted by molar-refractivity contribution is 6.05. The summed E-state index contributed by atoms with van der Waals surface area (Å²) in [6, 6.07) is 15.4. The first-order chi connectivity index (χ1) is 13.5. The normalized spacial score (nSPS) is 10.2. The van der Waals surface area contributed by atoms with Crippen LogP contribution in [-0.2, 0) is 4.74 Å². The number of carbonyl (C=O) groups excluding carboxylic acids is 2. The van der Waals surface area contributed by atoms with Crippen molar-refractivity contribution in [2.24, 2.45) is 0 Å². The molecule has 0 saturated carbocycles. The maximum absolute atomic E-state index is 12.6. The number of ether oxygens (including phenoxy) is 2. The molecule has 0 saturated heterocycles. The summed E-state index contributed by atoms with van der Waals surface area (Å²) in [6.45, 7) is 3.97. The summed E-state index contributed by atoms with van der Waals surface area (Å²) in [6.07, 6.45) is 1.60. The number of aryl methyl sites for hydroxylation is 1. The van der Waals surface area contributed by atoms with Crippen LogP contribution < -0.4 is 10.1 Å². The number of pyridine rings is 1. The molecule has 0 fully saturated rings. The maximum atomic E-state index is 12.6. The SMILES string of the molecule is COC(=O)c1ccc(C(=O)Nc2cccnc2Oc2cccc(C)c2C)cc1. The second-order valence-corrected chi connectivity index (χ2v) is 6.18. The summed E-state index contributed by atoms with van der Waals surface area (Å²) in [4.78, 5) is 28.3. The molecule has 1 aromatic heterocycles. The van der Waals surface area contributed by atoms with Crippen molar-refractivity contribution in [1.29, 1.82) is 0 Å². The van der Waals surface area contributed by atoms with Crippen molar-refractivity contribution in [1.82, 2.24) is 4.98 Å². The average molecular weight is 376 g/mol. The van der Waals surface area contributed by atoms with E-state index in [0.717, 1.165) is 11.1 Å². The largest absolute Gasteiger partial charge is 0.465 e. The van der Waals surface area contributed by atoms with Gasteiger partial charge in [0, 0.05) is 11.8 Å². The van der Waals surface area contributed by atoms with Crippen LogP contribution in [0.25, 0.3) is 0 Å². The first-order valence-electron chi connectivity index (χ1n) is 8.68. The number of nitrogens with zero attached hydrogens (tertiary/aromatic N) is 1. The Bertz CT molecular complexity index is 1010. The van der Waals surface area contributed by atoms with Gasteiger partial charge in [0.1, 0.15) is 11.4 Å². The van der Waals surface area contributed by atoms with Crippen molar-refractivity contribution < 1.29 is 19.1 Å². The van der Waals surface area contributed by atoms with Crippen LogP contribution in [0.4, 0.5) is 5.69 Å². The number of benzene rings is 2. The van der Waals surface area contributed by atoms with E-state index >= 15 is 0 Å². The molecule has 3 rings (SSSR count). The summed E-state index contributed by atoms with van der Waals surface area (Å²) >= 11 is 0. The van der Waals surface area contributed by atoms with Crippen molar-refractivity contribution in [2.75, 3.05) is 12.4 Å². The molecule has 0 atom stereocenters. The Kier molecular flexibility index (Phi) is 5.69. The van der Waals surface area contributed by atoms with Crippen LogP contribution in [0.15, 0.2) is 60.8 Å². The third kappa shape index (κ3) is 4.17. The molecule has 28 heavy (non-hydrogen) atoms. The minimum Gasteiger partial charge on any atom is -0.465 e. The number of aromatic nitrogens is 1. The number of amides is 1. The molecule has 0 bridgehead atoms. The van der Waals surface area contributed by atoms with Gasteiger partial charge in [-0.3, -0.25) is 4.79 Å². The van der Waals surface area contributed by atoms with Gasteiger partial charge in [0.15, 0.2) is 0 Å². The predicted octanol–water partition coefficient (Wildman–Crippen LogP) is 4.53. The minimum atomic E-state index is -0.455. The van der Waals surface area contributed by atoms with Gasteiger partial charge in [-0.05, 0) is 67.4 Å². The highest BCUT2D eigenvalue weighted by atomic mass is 16.5. The van der Waals surface area contributed by atoms with Crippen LogP contribution in [-0.4, -0.2) is 24.0 Å². The standard InChI is InChI=1S/C22H20N2O4/c1-14-6-4-8-19(15(14)2)28-21-18(7-5-13-23-21)24-20(25)16-9-11-17(12-10-16)22(26)27-3/h4-13H,1-3H3,(H,24,25). The van der Waals surface area contributed by atoms with E-state index in [1.165, 1.54) is 19.2 Å². The fourth-order valence-electron chi connectivity index (χ4n) is 2.58. The molecule has 0 unspecified atom stereocenters. The molecular weight excluding hydrogens is 356 g/mol. The van der Waals surface area contributed by atoms with Gasteiger partial charge >= 0.3 is 5.97 Å². The predicted molar refractivity (Wildman–Crippen MR) is 106 cm³/mol. The van der Waals surface area contributed by atoms with Crippen LogP contribution in [0.2, 0.25) is 0 Å². The minimum absolute atomic E-state index is 0.302. The molecular formula is C22H20N2O4. The van der Waals surface area contributed by atoms with E-state index in [9.17, 15) is 9.59 Å². The van der Waals surface area contributed by atoms with E-state index in [1.807, 2.05) is 32.0 Å². The Morgan fingerprint density at radius 1 is 0.929 bits per heavy atom. The topological polar surface area (TPSA) is 77.5 Å². The molecule has 0 aliphatic carbocycles. The molecule has 0 radical (unpaired) electrons. The average Bonchev–Trinajstić information content (AvgIpc) is 2.72. The quantitative estimate of drug-likeness (QED) is 0.662. The Balaban J connectivity index is 1.80. The Morgan fingerprint density at radius 2 is 1.64 bits per heavy atom. The van der Waals surface area contributed by atoms with Gasteiger partial charge in [-0.2, -0.15) is 0 Å².